The van der Waals surface area contributed by atoms with Crippen molar-refractivity contribution >= 4 is 34.9 Å². The molecular weight excluding hydrogens is 292 g/mol. The molecule has 20 heavy (non-hydrogen) atoms. The first-order valence-corrected chi connectivity index (χ1v) is 7.75. The van der Waals surface area contributed by atoms with Crippen LogP contribution in [0.25, 0.3) is 11.0 Å². The first kappa shape index (κ1) is 14.1. The van der Waals surface area contributed by atoms with Crippen LogP contribution in [0.3, 0.4) is 0 Å². The van der Waals surface area contributed by atoms with Gasteiger partial charge in [0.05, 0.1) is 17.1 Å². The fourth-order valence-corrected chi connectivity index (χ4v) is 3.69. The lowest BCUT2D eigenvalue weighted by Gasteiger charge is -2.52. The number of halogens is 1. The Labute approximate surface area is 128 Å². The Morgan fingerprint density at radius 2 is 2.25 bits per heavy atom. The topological polar surface area (TPSA) is 29.9 Å². The molecule has 1 N–H and O–H groups in total. The van der Waals surface area contributed by atoms with Gasteiger partial charge in [-0.25, -0.2) is 0 Å². The highest BCUT2D eigenvalue weighted by atomic mass is 35.5. The van der Waals surface area contributed by atoms with E-state index in [0.29, 0.717) is 12.1 Å². The quantitative estimate of drug-likeness (QED) is 0.831. The Bertz CT molecular complexity index is 703. The monoisotopic (exact) mass is 310 g/mol. The van der Waals surface area contributed by atoms with E-state index in [1.54, 1.807) is 0 Å². The first-order valence-electron chi connectivity index (χ1n) is 6.96. The highest BCUT2D eigenvalue weighted by Gasteiger charge is 2.50. The van der Waals surface area contributed by atoms with Crippen molar-refractivity contribution in [3.63, 3.8) is 0 Å². The third-order valence-electron chi connectivity index (χ3n) is 4.49. The third-order valence-corrected chi connectivity index (χ3v) is 5.02. The fraction of sp³-hybridized carbons (Fsp3) is 0.533. The molecule has 0 saturated heterocycles. The molecule has 3 rings (SSSR count). The lowest BCUT2D eigenvalue weighted by molar-refractivity contribution is -0.127. The summed E-state index contributed by atoms with van der Waals surface area (Å²) in [5, 5.41) is 0.735. The summed E-state index contributed by atoms with van der Waals surface area (Å²) in [6.07, 6.45) is 1.29. The van der Waals surface area contributed by atoms with Crippen LogP contribution in [0.1, 0.15) is 33.2 Å². The van der Waals surface area contributed by atoms with Crippen molar-refractivity contribution < 1.29 is 4.74 Å². The van der Waals surface area contributed by atoms with Gasteiger partial charge in [0.25, 0.3) is 0 Å². The molecule has 1 saturated carbocycles. The largest absolute Gasteiger partial charge is 0.378 e. The Hall–Kier alpha value is -0.840. The maximum atomic E-state index is 6.13. The predicted octanol–water partition coefficient (Wildman–Crippen LogP) is 4.73. The van der Waals surface area contributed by atoms with E-state index >= 15 is 0 Å². The summed E-state index contributed by atoms with van der Waals surface area (Å²) >= 11 is 11.6. The van der Waals surface area contributed by atoms with Crippen LogP contribution in [-0.2, 0) is 4.74 Å². The second-order valence-corrected chi connectivity index (χ2v) is 6.80. The summed E-state index contributed by atoms with van der Waals surface area (Å²) in [6.45, 7) is 7.28. The summed E-state index contributed by atoms with van der Waals surface area (Å²) in [7, 11) is 0. The van der Waals surface area contributed by atoms with Crippen molar-refractivity contribution in [2.45, 2.75) is 39.3 Å². The molecule has 1 aromatic carbocycles. The highest BCUT2D eigenvalue weighted by Crippen LogP contribution is 2.52. The van der Waals surface area contributed by atoms with Gasteiger partial charge in [0, 0.05) is 23.1 Å². The van der Waals surface area contributed by atoms with E-state index < -0.39 is 0 Å². The van der Waals surface area contributed by atoms with Gasteiger partial charge in [-0.15, -0.1) is 0 Å². The number of fused-ring (bicyclic) bond motifs is 1. The van der Waals surface area contributed by atoms with Crippen LogP contribution in [-0.4, -0.2) is 22.3 Å². The minimum atomic E-state index is 0.0751. The predicted molar refractivity (Wildman–Crippen MR) is 85.0 cm³/mol. The van der Waals surface area contributed by atoms with Crippen molar-refractivity contribution in [2.24, 2.45) is 5.41 Å². The fourth-order valence-electron chi connectivity index (χ4n) is 3.19. The van der Waals surface area contributed by atoms with Gasteiger partial charge in [-0.1, -0.05) is 25.4 Å². The number of benzene rings is 1. The summed E-state index contributed by atoms with van der Waals surface area (Å²) in [6, 6.07) is 6.19. The number of hydrogen-bond donors (Lipinski definition) is 1. The number of aromatic nitrogens is 2. The molecule has 0 aliphatic heterocycles. The molecule has 3 nitrogen and oxygen atoms in total. The van der Waals surface area contributed by atoms with E-state index in [1.165, 1.54) is 0 Å². The molecule has 0 amide bonds. The van der Waals surface area contributed by atoms with Gasteiger partial charge in [-0.2, -0.15) is 0 Å². The first-order chi connectivity index (χ1) is 9.45. The highest BCUT2D eigenvalue weighted by molar-refractivity contribution is 7.71. The van der Waals surface area contributed by atoms with E-state index in [4.69, 9.17) is 28.6 Å². The van der Waals surface area contributed by atoms with Crippen molar-refractivity contribution in [2.75, 3.05) is 6.61 Å². The van der Waals surface area contributed by atoms with Crippen LogP contribution in [0.4, 0.5) is 0 Å². The van der Waals surface area contributed by atoms with Crippen molar-refractivity contribution in [3.05, 3.63) is 28.0 Å². The lowest BCUT2D eigenvalue weighted by atomic mass is 9.64. The zero-order chi connectivity index (χ0) is 14.5. The van der Waals surface area contributed by atoms with Crippen LogP contribution in [0.2, 0.25) is 5.02 Å². The molecule has 0 spiro atoms. The van der Waals surface area contributed by atoms with Gasteiger partial charge in [0.1, 0.15) is 0 Å². The SMILES string of the molecule is CCOC1CC(n2c(=S)[nH]c3ccc(Cl)cc32)C1(C)C. The van der Waals surface area contributed by atoms with Crippen LogP contribution in [0.15, 0.2) is 18.2 Å². The number of rotatable bonds is 3. The zero-order valence-electron chi connectivity index (χ0n) is 11.9. The van der Waals surface area contributed by atoms with Crippen LogP contribution < -0.4 is 0 Å². The number of ether oxygens (including phenoxy) is 1. The molecule has 1 aliphatic carbocycles. The Kier molecular flexibility index (Phi) is 3.43. The van der Waals surface area contributed by atoms with Crippen molar-refractivity contribution in [1.29, 1.82) is 0 Å². The Balaban J connectivity index is 2.06. The zero-order valence-corrected chi connectivity index (χ0v) is 13.5. The number of imidazole rings is 1. The van der Waals surface area contributed by atoms with Gasteiger partial charge < -0.3 is 14.3 Å². The van der Waals surface area contributed by atoms with E-state index in [1.807, 2.05) is 25.1 Å². The van der Waals surface area contributed by atoms with Gasteiger partial charge in [-0.05, 0) is 43.8 Å². The number of hydrogen-bond acceptors (Lipinski definition) is 2. The average Bonchev–Trinajstić information content (AvgIpc) is 2.70. The normalized spacial score (nSPS) is 24.8. The molecule has 1 heterocycles. The molecule has 1 aliphatic rings. The molecule has 2 unspecified atom stereocenters. The van der Waals surface area contributed by atoms with E-state index in [2.05, 4.69) is 23.4 Å². The molecule has 2 aromatic rings. The minimum Gasteiger partial charge on any atom is -0.378 e. The second kappa shape index (κ2) is 4.86. The number of H-pyrrole nitrogens is 1. The van der Waals surface area contributed by atoms with E-state index in [-0.39, 0.29) is 5.41 Å². The van der Waals surface area contributed by atoms with Crippen molar-refractivity contribution in [3.8, 4) is 0 Å². The van der Waals surface area contributed by atoms with Crippen LogP contribution in [0.5, 0.6) is 0 Å². The van der Waals surface area contributed by atoms with Gasteiger partial charge in [0.15, 0.2) is 4.77 Å². The molecule has 1 aromatic heterocycles. The third kappa shape index (κ3) is 2.01. The molecule has 1 fully saturated rings. The molecule has 0 bridgehead atoms. The maximum Gasteiger partial charge on any atom is 0.178 e. The lowest BCUT2D eigenvalue weighted by Crippen LogP contribution is -2.51. The summed E-state index contributed by atoms with van der Waals surface area (Å²) < 4.78 is 8.77. The summed E-state index contributed by atoms with van der Waals surface area (Å²) in [5.74, 6) is 0. The molecule has 5 heteroatoms. The molecule has 2 atom stereocenters. The summed E-state index contributed by atoms with van der Waals surface area (Å²) in [5.41, 5.74) is 2.19. The Morgan fingerprint density at radius 1 is 1.50 bits per heavy atom. The number of nitrogens with zero attached hydrogens (tertiary/aromatic N) is 1. The smallest absolute Gasteiger partial charge is 0.178 e. The average molecular weight is 311 g/mol. The Morgan fingerprint density at radius 3 is 2.90 bits per heavy atom. The number of aromatic amines is 1. The van der Waals surface area contributed by atoms with Crippen LogP contribution >= 0.6 is 23.8 Å². The standard InChI is InChI=1S/C15H19ClN2OS/c1-4-19-13-8-12(15(13,2)3)18-11-7-9(16)5-6-10(11)17-14(18)20/h5-7,12-13H,4,8H2,1-3H3,(H,17,20). The van der Waals surface area contributed by atoms with Crippen molar-refractivity contribution in [1.82, 2.24) is 9.55 Å². The summed E-state index contributed by atoms with van der Waals surface area (Å²) in [4.78, 5) is 3.27. The number of nitrogens with one attached hydrogen (secondary N) is 1. The molecule has 108 valence electrons. The van der Waals surface area contributed by atoms with Gasteiger partial charge in [-0.3, -0.25) is 0 Å². The van der Waals surface area contributed by atoms with Crippen LogP contribution in [0, 0.1) is 10.2 Å². The maximum absolute atomic E-state index is 6.13. The van der Waals surface area contributed by atoms with E-state index in [9.17, 15) is 0 Å². The molecule has 0 radical (unpaired) electrons. The minimum absolute atomic E-state index is 0.0751. The van der Waals surface area contributed by atoms with Gasteiger partial charge in [0.2, 0.25) is 0 Å². The second-order valence-electron chi connectivity index (χ2n) is 5.98. The van der Waals surface area contributed by atoms with Gasteiger partial charge >= 0.3 is 0 Å². The molecular formula is C15H19ClN2OS. The van der Waals surface area contributed by atoms with E-state index in [0.717, 1.165) is 33.9 Å².